The monoisotopic (exact) mass is 334 g/mol. The smallest absolute Gasteiger partial charge is 0.155 e. The molecule has 0 saturated heterocycles. The van der Waals surface area contributed by atoms with Crippen molar-refractivity contribution >= 4 is 29.0 Å². The largest absolute Gasteiger partial charge is 0.497 e. The lowest BCUT2D eigenvalue weighted by molar-refractivity contribution is 0.414. The van der Waals surface area contributed by atoms with Gasteiger partial charge >= 0.3 is 0 Å². The van der Waals surface area contributed by atoms with Gasteiger partial charge in [0, 0.05) is 5.56 Å². The van der Waals surface area contributed by atoms with Crippen molar-refractivity contribution in [3.63, 3.8) is 0 Å². The van der Waals surface area contributed by atoms with E-state index < -0.39 is 0 Å². The second-order valence-electron chi connectivity index (χ2n) is 4.56. The van der Waals surface area contributed by atoms with Crippen LogP contribution >= 0.6 is 23.2 Å². The van der Waals surface area contributed by atoms with Crippen LogP contribution in [0.2, 0.25) is 10.0 Å². The van der Waals surface area contributed by atoms with Gasteiger partial charge in [0.2, 0.25) is 0 Å². The minimum absolute atomic E-state index is 0.420. The van der Waals surface area contributed by atoms with Crippen LogP contribution in [0.15, 0.2) is 42.5 Å². The predicted octanol–water partition coefficient (Wildman–Crippen LogP) is 3.83. The van der Waals surface area contributed by atoms with Crippen LogP contribution in [0.4, 0.5) is 5.82 Å². The molecule has 7 heteroatoms. The summed E-state index contributed by atoms with van der Waals surface area (Å²) in [6.07, 6.45) is 0. The van der Waals surface area contributed by atoms with Gasteiger partial charge in [-0.15, -0.1) is 5.10 Å². The zero-order chi connectivity index (χ0) is 15.7. The fourth-order valence-corrected chi connectivity index (χ4v) is 2.35. The summed E-state index contributed by atoms with van der Waals surface area (Å²) >= 11 is 12.0. The molecule has 0 aliphatic carbocycles. The number of halogens is 2. The van der Waals surface area contributed by atoms with Crippen LogP contribution in [0.25, 0.3) is 16.9 Å². The second kappa shape index (κ2) is 5.87. The van der Waals surface area contributed by atoms with E-state index in [0.717, 1.165) is 17.0 Å². The quantitative estimate of drug-likeness (QED) is 0.790. The van der Waals surface area contributed by atoms with Gasteiger partial charge in [-0.3, -0.25) is 0 Å². The summed E-state index contributed by atoms with van der Waals surface area (Å²) in [4.78, 5) is 0. The molecular formula is C15H12Cl2N4O. The predicted molar refractivity (Wildman–Crippen MR) is 87.8 cm³/mol. The van der Waals surface area contributed by atoms with Gasteiger partial charge < -0.3 is 10.5 Å². The zero-order valence-corrected chi connectivity index (χ0v) is 13.1. The van der Waals surface area contributed by atoms with Gasteiger partial charge in [0.1, 0.15) is 11.4 Å². The van der Waals surface area contributed by atoms with Gasteiger partial charge in [0.25, 0.3) is 0 Å². The Labute approximate surface area is 137 Å². The topological polar surface area (TPSA) is 66.0 Å². The first-order valence-electron chi connectivity index (χ1n) is 6.41. The van der Waals surface area contributed by atoms with Crippen LogP contribution < -0.4 is 10.5 Å². The van der Waals surface area contributed by atoms with Gasteiger partial charge in [-0.25, -0.2) is 0 Å². The van der Waals surface area contributed by atoms with E-state index in [0.29, 0.717) is 21.6 Å². The lowest BCUT2D eigenvalue weighted by atomic mass is 10.1. The Morgan fingerprint density at radius 2 is 1.77 bits per heavy atom. The Kier molecular flexibility index (Phi) is 3.92. The first-order chi connectivity index (χ1) is 10.6. The van der Waals surface area contributed by atoms with E-state index in [1.807, 2.05) is 24.3 Å². The SMILES string of the molecule is COc1ccc(-n2nnc(-c3ccc(Cl)c(Cl)c3)c2N)cc1. The third-order valence-electron chi connectivity index (χ3n) is 3.22. The van der Waals surface area contributed by atoms with Crippen molar-refractivity contribution in [2.45, 2.75) is 0 Å². The van der Waals surface area contributed by atoms with E-state index >= 15 is 0 Å². The van der Waals surface area contributed by atoms with Crippen molar-refractivity contribution < 1.29 is 4.74 Å². The van der Waals surface area contributed by atoms with Crippen molar-refractivity contribution in [3.05, 3.63) is 52.5 Å². The molecule has 112 valence electrons. The van der Waals surface area contributed by atoms with Gasteiger partial charge in [0.15, 0.2) is 5.82 Å². The molecule has 0 saturated carbocycles. The molecule has 3 rings (SSSR count). The lowest BCUT2D eigenvalue weighted by Gasteiger charge is -2.05. The molecule has 2 N–H and O–H groups in total. The third-order valence-corrected chi connectivity index (χ3v) is 3.95. The molecule has 0 spiro atoms. The maximum atomic E-state index is 6.16. The summed E-state index contributed by atoms with van der Waals surface area (Å²) in [6.45, 7) is 0. The summed E-state index contributed by atoms with van der Waals surface area (Å²) in [6, 6.07) is 12.6. The van der Waals surface area contributed by atoms with Crippen LogP contribution in [0, 0.1) is 0 Å². The van der Waals surface area contributed by atoms with E-state index in [1.54, 1.807) is 30.0 Å². The Bertz CT molecular complexity index is 815. The van der Waals surface area contributed by atoms with E-state index in [1.165, 1.54) is 0 Å². The molecule has 0 unspecified atom stereocenters. The highest BCUT2D eigenvalue weighted by Gasteiger charge is 2.14. The normalized spacial score (nSPS) is 10.7. The highest BCUT2D eigenvalue weighted by atomic mass is 35.5. The van der Waals surface area contributed by atoms with E-state index in [9.17, 15) is 0 Å². The third kappa shape index (κ3) is 2.61. The fraction of sp³-hybridized carbons (Fsp3) is 0.0667. The Balaban J connectivity index is 2.02. The van der Waals surface area contributed by atoms with Gasteiger partial charge in [-0.2, -0.15) is 4.68 Å². The molecule has 0 fully saturated rings. The lowest BCUT2D eigenvalue weighted by Crippen LogP contribution is -2.02. The number of anilines is 1. The zero-order valence-electron chi connectivity index (χ0n) is 11.6. The molecule has 5 nitrogen and oxygen atoms in total. The summed E-state index contributed by atoms with van der Waals surface area (Å²) in [7, 11) is 1.61. The van der Waals surface area contributed by atoms with E-state index in [2.05, 4.69) is 10.3 Å². The van der Waals surface area contributed by atoms with Crippen molar-refractivity contribution in [2.75, 3.05) is 12.8 Å². The average molecular weight is 335 g/mol. The molecule has 22 heavy (non-hydrogen) atoms. The highest BCUT2D eigenvalue weighted by molar-refractivity contribution is 6.42. The molecule has 0 atom stereocenters. The molecule has 3 aromatic rings. The van der Waals surface area contributed by atoms with E-state index in [-0.39, 0.29) is 0 Å². The molecule has 0 aliphatic rings. The number of methoxy groups -OCH3 is 1. The Morgan fingerprint density at radius 3 is 2.41 bits per heavy atom. The van der Waals surface area contributed by atoms with Crippen LogP contribution in [0.1, 0.15) is 0 Å². The number of nitrogens with zero attached hydrogens (tertiary/aromatic N) is 3. The molecule has 1 aromatic heterocycles. The number of benzene rings is 2. The maximum Gasteiger partial charge on any atom is 0.155 e. The Morgan fingerprint density at radius 1 is 1.05 bits per heavy atom. The highest BCUT2D eigenvalue weighted by Crippen LogP contribution is 2.31. The number of hydrogen-bond donors (Lipinski definition) is 1. The average Bonchev–Trinajstić information content (AvgIpc) is 2.92. The van der Waals surface area contributed by atoms with Crippen LogP contribution in [0.3, 0.4) is 0 Å². The van der Waals surface area contributed by atoms with E-state index in [4.69, 9.17) is 33.7 Å². The van der Waals surface area contributed by atoms with Gasteiger partial charge in [-0.05, 0) is 36.4 Å². The van der Waals surface area contributed by atoms with Crippen molar-refractivity contribution in [1.82, 2.24) is 15.0 Å². The number of aromatic nitrogens is 3. The number of nitrogen functional groups attached to an aromatic ring is 1. The van der Waals surface area contributed by atoms with Gasteiger partial charge in [0.05, 0.1) is 22.8 Å². The number of rotatable bonds is 3. The van der Waals surface area contributed by atoms with Crippen LogP contribution in [0.5, 0.6) is 5.75 Å². The number of hydrogen-bond acceptors (Lipinski definition) is 4. The molecule has 0 aliphatic heterocycles. The molecule has 0 amide bonds. The summed E-state index contributed by atoms with van der Waals surface area (Å²) in [5.41, 5.74) is 8.25. The summed E-state index contributed by atoms with van der Waals surface area (Å²) in [5.74, 6) is 1.18. The molecule has 2 aromatic carbocycles. The minimum atomic E-state index is 0.420. The molecule has 1 heterocycles. The molecule has 0 bridgehead atoms. The van der Waals surface area contributed by atoms with Crippen molar-refractivity contribution in [1.29, 1.82) is 0 Å². The minimum Gasteiger partial charge on any atom is -0.497 e. The maximum absolute atomic E-state index is 6.16. The standard InChI is InChI=1S/C15H12Cl2N4O/c1-22-11-5-3-10(4-6-11)21-15(18)14(19-20-21)9-2-7-12(16)13(17)8-9/h2-8H,18H2,1H3. The first-order valence-corrected chi connectivity index (χ1v) is 7.17. The van der Waals surface area contributed by atoms with Crippen LogP contribution in [-0.4, -0.2) is 22.1 Å². The second-order valence-corrected chi connectivity index (χ2v) is 5.38. The van der Waals surface area contributed by atoms with Crippen molar-refractivity contribution in [2.24, 2.45) is 0 Å². The van der Waals surface area contributed by atoms with Crippen LogP contribution in [-0.2, 0) is 0 Å². The number of ether oxygens (including phenoxy) is 1. The first kappa shape index (κ1) is 14.7. The molecule has 0 radical (unpaired) electrons. The summed E-state index contributed by atoms with van der Waals surface area (Å²) in [5, 5.41) is 9.15. The van der Waals surface area contributed by atoms with Gasteiger partial charge in [-0.1, -0.05) is 34.5 Å². The summed E-state index contributed by atoms with van der Waals surface area (Å²) < 4.78 is 6.68. The Hall–Kier alpha value is -2.24. The van der Waals surface area contributed by atoms with Crippen molar-refractivity contribution in [3.8, 4) is 22.7 Å². The fourth-order valence-electron chi connectivity index (χ4n) is 2.05. The number of nitrogens with two attached hydrogens (primary N) is 1. The molecular weight excluding hydrogens is 323 g/mol.